The summed E-state index contributed by atoms with van der Waals surface area (Å²) in [6, 6.07) is 4.85. The van der Waals surface area contributed by atoms with Gasteiger partial charge in [-0.15, -0.1) is 0 Å². The fourth-order valence-corrected chi connectivity index (χ4v) is 1.69. The topological polar surface area (TPSA) is 55.2 Å². The van der Waals surface area contributed by atoms with Crippen LogP contribution >= 0.6 is 11.6 Å². The second-order valence-electron chi connectivity index (χ2n) is 4.24. The normalized spacial score (nSPS) is 14.1. The van der Waals surface area contributed by atoms with Crippen molar-refractivity contribution < 1.29 is 4.92 Å². The van der Waals surface area contributed by atoms with Crippen LogP contribution in [0.2, 0.25) is 5.02 Å². The standard InChI is InChI=1S/C12H17ClN2O2/c1-4-8(2)9(3)14-11-6-5-10(13)7-12(11)15(16)17/h5-9,14H,4H2,1-3H3. The minimum atomic E-state index is -0.419. The molecule has 0 amide bonds. The molecule has 1 aromatic carbocycles. The highest BCUT2D eigenvalue weighted by atomic mass is 35.5. The number of rotatable bonds is 5. The van der Waals surface area contributed by atoms with Crippen LogP contribution in [-0.2, 0) is 0 Å². The molecule has 0 aliphatic heterocycles. The van der Waals surface area contributed by atoms with E-state index in [0.717, 1.165) is 6.42 Å². The van der Waals surface area contributed by atoms with Crippen LogP contribution in [0.15, 0.2) is 18.2 Å². The molecule has 0 heterocycles. The number of nitrogens with zero attached hydrogens (tertiary/aromatic N) is 1. The van der Waals surface area contributed by atoms with Gasteiger partial charge in [0.2, 0.25) is 0 Å². The molecule has 0 aromatic heterocycles. The molecule has 0 bridgehead atoms. The summed E-state index contributed by atoms with van der Waals surface area (Å²) in [6.45, 7) is 6.23. The summed E-state index contributed by atoms with van der Waals surface area (Å²) in [5, 5.41) is 14.4. The molecule has 0 saturated carbocycles. The Labute approximate surface area is 106 Å². The maximum Gasteiger partial charge on any atom is 0.293 e. The zero-order chi connectivity index (χ0) is 13.0. The van der Waals surface area contributed by atoms with E-state index in [0.29, 0.717) is 16.6 Å². The van der Waals surface area contributed by atoms with Crippen molar-refractivity contribution in [2.75, 3.05) is 5.32 Å². The molecule has 5 heteroatoms. The van der Waals surface area contributed by atoms with E-state index in [1.807, 2.05) is 6.92 Å². The Morgan fingerprint density at radius 2 is 2.12 bits per heavy atom. The van der Waals surface area contributed by atoms with Crippen molar-refractivity contribution in [3.8, 4) is 0 Å². The van der Waals surface area contributed by atoms with Crippen LogP contribution in [0.3, 0.4) is 0 Å². The van der Waals surface area contributed by atoms with Gasteiger partial charge in [-0.25, -0.2) is 0 Å². The molecule has 0 saturated heterocycles. The minimum absolute atomic E-state index is 0.0210. The summed E-state index contributed by atoms with van der Waals surface area (Å²) in [5.74, 6) is 0.449. The van der Waals surface area contributed by atoms with Gasteiger partial charge in [-0.1, -0.05) is 31.9 Å². The highest BCUT2D eigenvalue weighted by Crippen LogP contribution is 2.29. The lowest BCUT2D eigenvalue weighted by Crippen LogP contribution is -2.23. The Balaban J connectivity index is 2.94. The Hall–Kier alpha value is -1.29. The highest BCUT2D eigenvalue weighted by Gasteiger charge is 2.17. The smallest absolute Gasteiger partial charge is 0.293 e. The van der Waals surface area contributed by atoms with Crippen molar-refractivity contribution >= 4 is 23.0 Å². The Morgan fingerprint density at radius 1 is 1.47 bits per heavy atom. The van der Waals surface area contributed by atoms with E-state index in [2.05, 4.69) is 19.2 Å². The van der Waals surface area contributed by atoms with Gasteiger partial charge >= 0.3 is 0 Å². The molecule has 0 aliphatic carbocycles. The summed E-state index contributed by atoms with van der Waals surface area (Å²) < 4.78 is 0. The zero-order valence-corrected chi connectivity index (χ0v) is 11.0. The number of anilines is 1. The monoisotopic (exact) mass is 256 g/mol. The molecule has 2 unspecified atom stereocenters. The van der Waals surface area contributed by atoms with Gasteiger partial charge in [-0.3, -0.25) is 10.1 Å². The Kier molecular flexibility index (Phi) is 4.75. The summed E-state index contributed by atoms with van der Waals surface area (Å²) in [5.41, 5.74) is 0.542. The van der Waals surface area contributed by atoms with E-state index in [4.69, 9.17) is 11.6 Å². The maximum atomic E-state index is 10.9. The van der Waals surface area contributed by atoms with Gasteiger partial charge in [-0.05, 0) is 25.0 Å². The van der Waals surface area contributed by atoms with Gasteiger partial charge in [-0.2, -0.15) is 0 Å². The summed E-state index contributed by atoms with van der Waals surface area (Å²) in [4.78, 5) is 10.5. The van der Waals surface area contributed by atoms with Crippen LogP contribution in [0, 0.1) is 16.0 Å². The number of hydrogen-bond acceptors (Lipinski definition) is 3. The van der Waals surface area contributed by atoms with Crippen LogP contribution in [0.25, 0.3) is 0 Å². The molecule has 17 heavy (non-hydrogen) atoms. The van der Waals surface area contributed by atoms with E-state index in [1.54, 1.807) is 12.1 Å². The van der Waals surface area contributed by atoms with Crippen molar-refractivity contribution in [3.63, 3.8) is 0 Å². The molecular formula is C12H17ClN2O2. The first-order valence-corrected chi connectivity index (χ1v) is 6.04. The van der Waals surface area contributed by atoms with Crippen LogP contribution in [0.1, 0.15) is 27.2 Å². The number of hydrogen-bond donors (Lipinski definition) is 1. The predicted molar refractivity (Wildman–Crippen MR) is 70.6 cm³/mol. The third-order valence-electron chi connectivity index (χ3n) is 3.04. The number of nitro benzene ring substituents is 1. The lowest BCUT2D eigenvalue weighted by Gasteiger charge is -2.20. The number of benzene rings is 1. The minimum Gasteiger partial charge on any atom is -0.377 e. The average molecular weight is 257 g/mol. The largest absolute Gasteiger partial charge is 0.377 e. The van der Waals surface area contributed by atoms with Crippen molar-refractivity contribution in [1.82, 2.24) is 0 Å². The lowest BCUT2D eigenvalue weighted by molar-refractivity contribution is -0.384. The summed E-state index contributed by atoms with van der Waals surface area (Å²) in [6.07, 6.45) is 1.02. The lowest BCUT2D eigenvalue weighted by atomic mass is 10.0. The molecule has 1 rings (SSSR count). The van der Waals surface area contributed by atoms with Crippen molar-refractivity contribution in [2.45, 2.75) is 33.2 Å². The first-order valence-electron chi connectivity index (χ1n) is 5.66. The second-order valence-corrected chi connectivity index (χ2v) is 4.67. The molecule has 0 fully saturated rings. The van der Waals surface area contributed by atoms with Crippen molar-refractivity contribution in [2.24, 2.45) is 5.92 Å². The van der Waals surface area contributed by atoms with Gasteiger partial charge in [0.1, 0.15) is 5.69 Å². The van der Waals surface area contributed by atoms with Crippen LogP contribution in [0.5, 0.6) is 0 Å². The van der Waals surface area contributed by atoms with E-state index in [-0.39, 0.29) is 11.7 Å². The molecule has 0 aliphatic rings. The zero-order valence-electron chi connectivity index (χ0n) is 10.2. The van der Waals surface area contributed by atoms with Gasteiger partial charge in [0.05, 0.1) is 4.92 Å². The van der Waals surface area contributed by atoms with E-state index in [9.17, 15) is 10.1 Å². The Bertz CT molecular complexity index is 409. The first-order chi connectivity index (χ1) is 7.95. The molecule has 4 nitrogen and oxygen atoms in total. The molecule has 2 atom stereocenters. The van der Waals surface area contributed by atoms with Crippen molar-refractivity contribution in [3.05, 3.63) is 33.3 Å². The fourth-order valence-electron chi connectivity index (χ4n) is 1.52. The van der Waals surface area contributed by atoms with E-state index in [1.165, 1.54) is 6.07 Å². The molecule has 1 N–H and O–H groups in total. The maximum absolute atomic E-state index is 10.9. The van der Waals surface area contributed by atoms with Crippen LogP contribution < -0.4 is 5.32 Å². The van der Waals surface area contributed by atoms with Crippen LogP contribution in [0.4, 0.5) is 11.4 Å². The molecule has 94 valence electrons. The molecule has 1 aromatic rings. The third-order valence-corrected chi connectivity index (χ3v) is 3.27. The summed E-state index contributed by atoms with van der Waals surface area (Å²) >= 11 is 5.76. The van der Waals surface area contributed by atoms with Crippen molar-refractivity contribution in [1.29, 1.82) is 0 Å². The molecule has 0 radical (unpaired) electrons. The second kappa shape index (κ2) is 5.87. The average Bonchev–Trinajstić information content (AvgIpc) is 2.29. The SMILES string of the molecule is CCC(C)C(C)Nc1ccc(Cl)cc1[N+](=O)[O-]. The fraction of sp³-hybridized carbons (Fsp3) is 0.500. The van der Waals surface area contributed by atoms with E-state index >= 15 is 0 Å². The van der Waals surface area contributed by atoms with Gasteiger partial charge in [0, 0.05) is 17.1 Å². The predicted octanol–water partition coefficient (Wildman–Crippen LogP) is 4.09. The van der Waals surface area contributed by atoms with Crippen LogP contribution in [-0.4, -0.2) is 11.0 Å². The van der Waals surface area contributed by atoms with Gasteiger partial charge < -0.3 is 5.32 Å². The first kappa shape index (κ1) is 13.8. The third kappa shape index (κ3) is 3.60. The summed E-state index contributed by atoms with van der Waals surface area (Å²) in [7, 11) is 0. The van der Waals surface area contributed by atoms with E-state index < -0.39 is 4.92 Å². The molecule has 0 spiro atoms. The van der Waals surface area contributed by atoms with Gasteiger partial charge in [0.25, 0.3) is 5.69 Å². The Morgan fingerprint density at radius 3 is 2.65 bits per heavy atom. The number of nitro groups is 1. The number of halogens is 1. The highest BCUT2D eigenvalue weighted by molar-refractivity contribution is 6.30. The number of nitrogens with one attached hydrogen (secondary N) is 1. The molecular weight excluding hydrogens is 240 g/mol. The quantitative estimate of drug-likeness (QED) is 0.638. The van der Waals surface area contributed by atoms with Gasteiger partial charge in [0.15, 0.2) is 0 Å².